The lowest BCUT2D eigenvalue weighted by atomic mass is 10.1. The lowest BCUT2D eigenvalue weighted by Crippen LogP contribution is -2.26. The number of hydrogen-bond donors (Lipinski definition) is 0. The molecule has 0 aliphatic rings. The molecule has 2 rings (SSSR count). The van der Waals surface area contributed by atoms with E-state index in [-0.39, 0.29) is 24.0 Å². The van der Waals surface area contributed by atoms with Crippen LogP contribution in [0, 0.1) is 0 Å². The van der Waals surface area contributed by atoms with Crippen molar-refractivity contribution in [2.45, 2.75) is 18.9 Å². The molecule has 0 aliphatic carbocycles. The molecule has 0 N–H and O–H groups in total. The first-order valence-electron chi connectivity index (χ1n) is 7.70. The van der Waals surface area contributed by atoms with Gasteiger partial charge in [0, 0.05) is 25.4 Å². The number of alkyl halides is 2. The molecule has 140 valence electrons. The Labute approximate surface area is 151 Å². The molecule has 2 aromatic rings. The van der Waals surface area contributed by atoms with Gasteiger partial charge in [0.25, 0.3) is 5.91 Å². The van der Waals surface area contributed by atoms with Crippen LogP contribution in [0.4, 0.5) is 8.78 Å². The topological polar surface area (TPSA) is 63.7 Å². The quantitative estimate of drug-likeness (QED) is 0.737. The Kier molecular flexibility index (Phi) is 6.31. The highest BCUT2D eigenvalue weighted by atomic mass is 32.2. The van der Waals surface area contributed by atoms with Gasteiger partial charge >= 0.3 is 6.61 Å². The summed E-state index contributed by atoms with van der Waals surface area (Å²) in [7, 11) is -1.59. The number of amides is 1. The van der Waals surface area contributed by atoms with Gasteiger partial charge in [-0.3, -0.25) is 4.79 Å². The van der Waals surface area contributed by atoms with Gasteiger partial charge in [-0.1, -0.05) is 24.3 Å². The van der Waals surface area contributed by atoms with Crippen LogP contribution in [0.15, 0.2) is 48.5 Å². The Morgan fingerprint density at radius 2 is 1.77 bits per heavy atom. The predicted molar refractivity (Wildman–Crippen MR) is 93.9 cm³/mol. The van der Waals surface area contributed by atoms with Gasteiger partial charge < -0.3 is 9.64 Å². The van der Waals surface area contributed by atoms with E-state index < -0.39 is 16.4 Å². The highest BCUT2D eigenvalue weighted by Gasteiger charge is 2.14. The van der Waals surface area contributed by atoms with Crippen LogP contribution >= 0.6 is 0 Å². The van der Waals surface area contributed by atoms with Crippen molar-refractivity contribution in [2.24, 2.45) is 0 Å². The minimum Gasteiger partial charge on any atom is -0.435 e. The van der Waals surface area contributed by atoms with Crippen molar-refractivity contribution < 1.29 is 26.7 Å². The van der Waals surface area contributed by atoms with Crippen molar-refractivity contribution in [3.05, 3.63) is 65.2 Å². The smallest absolute Gasteiger partial charge is 0.387 e. The first-order valence-corrected chi connectivity index (χ1v) is 9.76. The minimum absolute atomic E-state index is 0.0474. The minimum atomic E-state index is -3.19. The first-order chi connectivity index (χ1) is 12.1. The number of sulfone groups is 1. The summed E-state index contributed by atoms with van der Waals surface area (Å²) in [5.74, 6) is -0.358. The van der Waals surface area contributed by atoms with Crippen molar-refractivity contribution in [1.29, 1.82) is 0 Å². The summed E-state index contributed by atoms with van der Waals surface area (Å²) < 4.78 is 51.4. The molecule has 0 saturated carbocycles. The van der Waals surface area contributed by atoms with Crippen molar-refractivity contribution in [1.82, 2.24) is 4.90 Å². The lowest BCUT2D eigenvalue weighted by Gasteiger charge is -2.18. The molecule has 26 heavy (non-hydrogen) atoms. The zero-order valence-electron chi connectivity index (χ0n) is 14.4. The molecule has 0 bridgehead atoms. The summed E-state index contributed by atoms with van der Waals surface area (Å²) in [6.45, 7) is -2.62. The summed E-state index contributed by atoms with van der Waals surface area (Å²) >= 11 is 0. The van der Waals surface area contributed by atoms with Crippen LogP contribution in [0.5, 0.6) is 5.75 Å². The molecule has 0 aromatic heterocycles. The standard InChI is InChI=1S/C18H19F2NO4S/c1-21(11-13-6-8-16(9-7-13)25-18(19)20)17(22)15-5-3-4-14(10-15)12-26(2,23)24/h3-10,18H,11-12H2,1-2H3. The third-order valence-electron chi connectivity index (χ3n) is 3.52. The Morgan fingerprint density at radius 3 is 2.35 bits per heavy atom. The molecule has 1 amide bonds. The van der Waals surface area contributed by atoms with E-state index >= 15 is 0 Å². The molecule has 0 saturated heterocycles. The maximum atomic E-state index is 12.5. The van der Waals surface area contributed by atoms with E-state index in [2.05, 4.69) is 4.74 Å². The van der Waals surface area contributed by atoms with E-state index in [9.17, 15) is 22.0 Å². The van der Waals surface area contributed by atoms with E-state index in [1.807, 2.05) is 0 Å². The number of rotatable bonds is 7. The van der Waals surface area contributed by atoms with Crippen LogP contribution < -0.4 is 4.74 Å². The average molecular weight is 383 g/mol. The number of ether oxygens (including phenoxy) is 1. The van der Waals surface area contributed by atoms with Gasteiger partial charge in [0.05, 0.1) is 5.75 Å². The maximum absolute atomic E-state index is 12.5. The van der Waals surface area contributed by atoms with Crippen LogP contribution in [0.1, 0.15) is 21.5 Å². The lowest BCUT2D eigenvalue weighted by molar-refractivity contribution is -0.0498. The molecule has 5 nitrogen and oxygen atoms in total. The Balaban J connectivity index is 2.06. The third kappa shape index (κ3) is 6.11. The highest BCUT2D eigenvalue weighted by Crippen LogP contribution is 2.17. The second-order valence-electron chi connectivity index (χ2n) is 5.95. The molecule has 0 aliphatic heterocycles. The van der Waals surface area contributed by atoms with Gasteiger partial charge in [0.15, 0.2) is 9.84 Å². The average Bonchev–Trinajstić information content (AvgIpc) is 2.54. The van der Waals surface area contributed by atoms with E-state index in [0.29, 0.717) is 11.1 Å². The molecular formula is C18H19F2NO4S. The molecule has 2 aromatic carbocycles. The van der Waals surface area contributed by atoms with Crippen LogP contribution in [-0.4, -0.2) is 39.1 Å². The summed E-state index contributed by atoms with van der Waals surface area (Å²) in [6.07, 6.45) is 1.13. The fraction of sp³-hybridized carbons (Fsp3) is 0.278. The molecule has 0 radical (unpaired) electrons. The summed E-state index contributed by atoms with van der Waals surface area (Å²) in [4.78, 5) is 14.0. The second-order valence-corrected chi connectivity index (χ2v) is 8.09. The van der Waals surface area contributed by atoms with Crippen molar-refractivity contribution in [2.75, 3.05) is 13.3 Å². The Hall–Kier alpha value is -2.48. The summed E-state index contributed by atoms with van der Waals surface area (Å²) in [5, 5.41) is 0. The molecule has 0 unspecified atom stereocenters. The van der Waals surface area contributed by atoms with Gasteiger partial charge in [-0.25, -0.2) is 8.42 Å². The van der Waals surface area contributed by atoms with E-state index in [1.165, 1.54) is 17.0 Å². The number of nitrogens with zero attached hydrogens (tertiary/aromatic N) is 1. The van der Waals surface area contributed by atoms with Crippen LogP contribution in [0.3, 0.4) is 0 Å². The number of carbonyl (C=O) groups is 1. The van der Waals surface area contributed by atoms with Crippen molar-refractivity contribution in [3.63, 3.8) is 0 Å². The van der Waals surface area contributed by atoms with Crippen LogP contribution in [0.2, 0.25) is 0 Å². The fourth-order valence-corrected chi connectivity index (χ4v) is 3.22. The highest BCUT2D eigenvalue weighted by molar-refractivity contribution is 7.89. The van der Waals surface area contributed by atoms with E-state index in [4.69, 9.17) is 0 Å². The third-order valence-corrected chi connectivity index (χ3v) is 4.38. The zero-order valence-corrected chi connectivity index (χ0v) is 15.2. The number of benzene rings is 2. The van der Waals surface area contributed by atoms with Gasteiger partial charge in [-0.2, -0.15) is 8.78 Å². The summed E-state index contributed by atoms with van der Waals surface area (Å²) in [6, 6.07) is 12.5. The molecule has 0 fully saturated rings. The maximum Gasteiger partial charge on any atom is 0.387 e. The summed E-state index contributed by atoms with van der Waals surface area (Å²) in [5.41, 5.74) is 1.67. The largest absolute Gasteiger partial charge is 0.435 e. The molecule has 0 heterocycles. The van der Waals surface area contributed by atoms with Crippen LogP contribution in [-0.2, 0) is 22.1 Å². The monoisotopic (exact) mass is 383 g/mol. The Morgan fingerprint density at radius 1 is 1.12 bits per heavy atom. The second kappa shape index (κ2) is 8.27. The zero-order chi connectivity index (χ0) is 19.3. The number of halogens is 2. The van der Waals surface area contributed by atoms with Gasteiger partial charge in [0.2, 0.25) is 0 Å². The molecular weight excluding hydrogens is 364 g/mol. The van der Waals surface area contributed by atoms with E-state index in [0.717, 1.165) is 11.8 Å². The fourth-order valence-electron chi connectivity index (χ4n) is 2.44. The van der Waals surface area contributed by atoms with Crippen molar-refractivity contribution >= 4 is 15.7 Å². The van der Waals surface area contributed by atoms with Crippen molar-refractivity contribution in [3.8, 4) is 5.75 Å². The normalized spacial score (nSPS) is 11.4. The molecule has 8 heteroatoms. The molecule has 0 atom stereocenters. The Bertz CT molecular complexity index is 867. The van der Waals surface area contributed by atoms with E-state index in [1.54, 1.807) is 43.4 Å². The van der Waals surface area contributed by atoms with Gasteiger partial charge in [-0.15, -0.1) is 0 Å². The predicted octanol–water partition coefficient (Wildman–Crippen LogP) is 3.10. The molecule has 0 spiro atoms. The van der Waals surface area contributed by atoms with Gasteiger partial charge in [0.1, 0.15) is 5.75 Å². The SMILES string of the molecule is CN(Cc1ccc(OC(F)F)cc1)C(=O)c1cccc(CS(C)(=O)=O)c1. The first kappa shape index (κ1) is 19.8. The van der Waals surface area contributed by atoms with Gasteiger partial charge in [-0.05, 0) is 35.4 Å². The number of carbonyl (C=O) groups excluding carboxylic acids is 1. The number of hydrogen-bond acceptors (Lipinski definition) is 4. The van der Waals surface area contributed by atoms with Crippen LogP contribution in [0.25, 0.3) is 0 Å².